The summed E-state index contributed by atoms with van der Waals surface area (Å²) in [4.78, 5) is 25.2. The molecular formula is C21H25N5O5S2. The smallest absolute Gasteiger partial charge is 0.348 e. The highest BCUT2D eigenvalue weighted by Gasteiger charge is 2.28. The van der Waals surface area contributed by atoms with Crippen molar-refractivity contribution in [3.8, 4) is 17.1 Å². The van der Waals surface area contributed by atoms with Gasteiger partial charge in [0.25, 0.3) is 0 Å². The maximum absolute atomic E-state index is 12.5. The number of nitrogen functional groups attached to an aromatic ring is 2. The average molecular weight is 492 g/mol. The van der Waals surface area contributed by atoms with Gasteiger partial charge in [-0.2, -0.15) is 0 Å². The number of ether oxygens (including phenoxy) is 3. The minimum absolute atomic E-state index is 0.159. The van der Waals surface area contributed by atoms with Gasteiger partial charge >= 0.3 is 11.9 Å². The molecule has 0 aliphatic rings. The van der Waals surface area contributed by atoms with Gasteiger partial charge in [-0.15, -0.1) is 21.5 Å². The van der Waals surface area contributed by atoms with Crippen LogP contribution >= 0.6 is 23.1 Å². The van der Waals surface area contributed by atoms with Crippen LogP contribution in [0.25, 0.3) is 11.4 Å². The van der Waals surface area contributed by atoms with Gasteiger partial charge in [0.15, 0.2) is 5.82 Å². The van der Waals surface area contributed by atoms with Gasteiger partial charge in [-0.25, -0.2) is 14.3 Å². The van der Waals surface area contributed by atoms with Gasteiger partial charge in [-0.1, -0.05) is 11.8 Å². The lowest BCUT2D eigenvalue weighted by Gasteiger charge is -2.08. The zero-order chi connectivity index (χ0) is 24.0. The Kier molecular flexibility index (Phi) is 8.17. The van der Waals surface area contributed by atoms with Crippen LogP contribution in [0.5, 0.6) is 5.75 Å². The molecule has 0 radical (unpaired) electrons. The molecule has 0 atom stereocenters. The van der Waals surface area contributed by atoms with Crippen molar-refractivity contribution in [3.05, 3.63) is 40.3 Å². The summed E-state index contributed by atoms with van der Waals surface area (Å²) < 4.78 is 17.1. The average Bonchev–Trinajstić information content (AvgIpc) is 3.32. The summed E-state index contributed by atoms with van der Waals surface area (Å²) in [5.41, 5.74) is 7.40. The number of rotatable bonds is 10. The standard InChI is InChI=1S/C21H25N5O5S2/c1-4-29-13-9-7-12(8-10-13)18-24-25-21(26(18)23)32-11-14-15(19(27)30-5-2)17(22)33-16(14)20(28)31-6-3/h7-10H,4-6,11,22-23H2,1-3H3. The predicted octanol–water partition coefficient (Wildman–Crippen LogP) is 3.35. The fourth-order valence-electron chi connectivity index (χ4n) is 2.99. The summed E-state index contributed by atoms with van der Waals surface area (Å²) in [6.45, 7) is 6.26. The minimum Gasteiger partial charge on any atom is -0.494 e. The normalized spacial score (nSPS) is 10.8. The number of carbonyl (C=O) groups is 2. The lowest BCUT2D eigenvalue weighted by molar-refractivity contribution is 0.0527. The third kappa shape index (κ3) is 5.40. The highest BCUT2D eigenvalue weighted by Crippen LogP contribution is 2.36. The fourth-order valence-corrected chi connectivity index (χ4v) is 4.93. The van der Waals surface area contributed by atoms with Crippen molar-refractivity contribution in [2.24, 2.45) is 0 Å². The molecule has 12 heteroatoms. The summed E-state index contributed by atoms with van der Waals surface area (Å²) >= 11 is 2.21. The first kappa shape index (κ1) is 24.4. The molecular weight excluding hydrogens is 466 g/mol. The number of hydrogen-bond donors (Lipinski definition) is 2. The minimum atomic E-state index is -0.596. The highest BCUT2D eigenvalue weighted by molar-refractivity contribution is 7.98. The SMILES string of the molecule is CCOC(=O)c1sc(N)c(C(=O)OCC)c1CSc1nnc(-c2ccc(OCC)cc2)n1N. The molecule has 1 aromatic carbocycles. The molecule has 2 aromatic heterocycles. The molecule has 0 unspecified atom stereocenters. The Morgan fingerprint density at radius 1 is 1.03 bits per heavy atom. The molecule has 0 aliphatic heterocycles. The molecule has 3 rings (SSSR count). The van der Waals surface area contributed by atoms with Gasteiger partial charge in [0.1, 0.15) is 15.6 Å². The van der Waals surface area contributed by atoms with Crippen LogP contribution in [-0.4, -0.2) is 46.6 Å². The van der Waals surface area contributed by atoms with E-state index in [4.69, 9.17) is 25.8 Å². The number of esters is 2. The highest BCUT2D eigenvalue weighted by atomic mass is 32.2. The van der Waals surface area contributed by atoms with Crippen LogP contribution in [0.3, 0.4) is 0 Å². The molecule has 0 amide bonds. The Labute approximate surface area is 199 Å². The van der Waals surface area contributed by atoms with Crippen molar-refractivity contribution >= 4 is 40.0 Å². The van der Waals surface area contributed by atoms with Crippen molar-refractivity contribution in [1.82, 2.24) is 14.9 Å². The summed E-state index contributed by atoms with van der Waals surface area (Å²) in [5, 5.41) is 8.92. The number of thioether (sulfide) groups is 1. The van der Waals surface area contributed by atoms with Gasteiger partial charge in [0.05, 0.1) is 25.4 Å². The summed E-state index contributed by atoms with van der Waals surface area (Å²) in [6, 6.07) is 7.33. The number of nitrogens with zero attached hydrogens (tertiary/aromatic N) is 3. The van der Waals surface area contributed by atoms with E-state index in [-0.39, 0.29) is 34.4 Å². The second-order valence-electron chi connectivity index (χ2n) is 6.51. The summed E-state index contributed by atoms with van der Waals surface area (Å²) in [6.07, 6.45) is 0. The van der Waals surface area contributed by atoms with E-state index in [1.54, 1.807) is 13.8 Å². The van der Waals surface area contributed by atoms with Gasteiger partial charge in [-0.05, 0) is 45.0 Å². The van der Waals surface area contributed by atoms with Crippen LogP contribution < -0.4 is 16.3 Å². The fraction of sp³-hybridized carbons (Fsp3) is 0.333. The number of thiophene rings is 1. The third-order valence-electron chi connectivity index (χ3n) is 4.41. The summed E-state index contributed by atoms with van der Waals surface area (Å²) in [7, 11) is 0. The van der Waals surface area contributed by atoms with E-state index in [1.807, 2.05) is 31.2 Å². The van der Waals surface area contributed by atoms with Crippen molar-refractivity contribution in [1.29, 1.82) is 0 Å². The van der Waals surface area contributed by atoms with Gasteiger partial charge in [0.2, 0.25) is 5.16 Å². The van der Waals surface area contributed by atoms with Crippen LogP contribution in [0.1, 0.15) is 46.4 Å². The van der Waals surface area contributed by atoms with Gasteiger partial charge in [0, 0.05) is 16.9 Å². The number of anilines is 1. The first-order chi connectivity index (χ1) is 15.9. The van der Waals surface area contributed by atoms with E-state index in [2.05, 4.69) is 10.2 Å². The largest absolute Gasteiger partial charge is 0.494 e. The first-order valence-electron chi connectivity index (χ1n) is 10.2. The maximum Gasteiger partial charge on any atom is 0.348 e. The Balaban J connectivity index is 1.87. The maximum atomic E-state index is 12.5. The molecule has 0 bridgehead atoms. The van der Waals surface area contributed by atoms with Crippen LogP contribution in [-0.2, 0) is 15.2 Å². The molecule has 4 N–H and O–H groups in total. The topological polar surface area (TPSA) is 145 Å². The Morgan fingerprint density at radius 2 is 1.70 bits per heavy atom. The van der Waals surface area contributed by atoms with Gasteiger partial charge < -0.3 is 25.8 Å². The molecule has 3 aromatic rings. The number of aromatic nitrogens is 3. The molecule has 0 fully saturated rings. The molecule has 176 valence electrons. The first-order valence-corrected chi connectivity index (χ1v) is 12.0. The molecule has 0 saturated heterocycles. The number of carbonyl (C=O) groups excluding carboxylic acids is 2. The number of hydrogen-bond acceptors (Lipinski definition) is 11. The Bertz CT molecular complexity index is 1130. The molecule has 0 saturated carbocycles. The van der Waals surface area contributed by atoms with Crippen molar-refractivity contribution in [2.75, 3.05) is 31.4 Å². The van der Waals surface area contributed by atoms with E-state index in [0.717, 1.165) is 22.6 Å². The van der Waals surface area contributed by atoms with Crippen molar-refractivity contribution in [2.45, 2.75) is 31.7 Å². The zero-order valence-corrected chi connectivity index (χ0v) is 20.1. The molecule has 0 spiro atoms. The second-order valence-corrected chi connectivity index (χ2v) is 8.51. The monoisotopic (exact) mass is 491 g/mol. The van der Waals surface area contributed by atoms with E-state index in [1.165, 1.54) is 16.4 Å². The van der Waals surface area contributed by atoms with Crippen molar-refractivity contribution in [3.63, 3.8) is 0 Å². The number of nitrogens with two attached hydrogens (primary N) is 2. The predicted molar refractivity (Wildman–Crippen MR) is 127 cm³/mol. The van der Waals surface area contributed by atoms with Crippen LogP contribution in [0.4, 0.5) is 5.00 Å². The molecule has 2 heterocycles. The molecule has 33 heavy (non-hydrogen) atoms. The Morgan fingerprint density at radius 3 is 2.33 bits per heavy atom. The van der Waals surface area contributed by atoms with E-state index in [9.17, 15) is 9.59 Å². The van der Waals surface area contributed by atoms with Crippen molar-refractivity contribution < 1.29 is 23.8 Å². The van der Waals surface area contributed by atoms with Crippen LogP contribution in [0.15, 0.2) is 29.4 Å². The Hall–Kier alpha value is -3.25. The lowest BCUT2D eigenvalue weighted by Crippen LogP contribution is -2.13. The van der Waals surface area contributed by atoms with Crippen LogP contribution in [0.2, 0.25) is 0 Å². The molecule has 0 aliphatic carbocycles. The lowest BCUT2D eigenvalue weighted by atomic mass is 10.1. The zero-order valence-electron chi connectivity index (χ0n) is 18.5. The second kappa shape index (κ2) is 11.1. The van der Waals surface area contributed by atoms with Gasteiger partial charge in [-0.3, -0.25) is 0 Å². The summed E-state index contributed by atoms with van der Waals surface area (Å²) in [5.74, 6) is 6.47. The number of benzene rings is 1. The quantitative estimate of drug-likeness (QED) is 0.246. The third-order valence-corrected chi connectivity index (χ3v) is 6.42. The van der Waals surface area contributed by atoms with E-state index < -0.39 is 11.9 Å². The van der Waals surface area contributed by atoms with Crippen LogP contribution in [0, 0.1) is 0 Å². The van der Waals surface area contributed by atoms with E-state index in [0.29, 0.717) is 23.2 Å². The molecule has 10 nitrogen and oxygen atoms in total. The van der Waals surface area contributed by atoms with E-state index >= 15 is 0 Å².